The van der Waals surface area contributed by atoms with E-state index in [1.54, 1.807) is 29.3 Å². The maximum absolute atomic E-state index is 13.1. The molecule has 1 amide bonds. The maximum atomic E-state index is 13.1. The van der Waals surface area contributed by atoms with Gasteiger partial charge in [-0.2, -0.15) is 0 Å². The lowest BCUT2D eigenvalue weighted by Gasteiger charge is -2.20. The molecule has 4 rings (SSSR count). The third kappa shape index (κ3) is 3.73. The van der Waals surface area contributed by atoms with E-state index in [1.807, 2.05) is 36.4 Å². The minimum Gasteiger partial charge on any atom is -0.330 e. The topological polar surface area (TPSA) is 83.4 Å². The number of imidazole rings is 1. The van der Waals surface area contributed by atoms with Crippen LogP contribution in [0.25, 0.3) is 16.6 Å². The van der Waals surface area contributed by atoms with Crippen molar-refractivity contribution in [2.75, 3.05) is 6.54 Å². The van der Waals surface area contributed by atoms with E-state index in [9.17, 15) is 9.59 Å². The highest BCUT2D eigenvalue weighted by Crippen LogP contribution is 2.16. The Morgan fingerprint density at radius 2 is 2.07 bits per heavy atom. The molecule has 0 atom stereocenters. The van der Waals surface area contributed by atoms with Gasteiger partial charge in [-0.05, 0) is 43.7 Å². The zero-order chi connectivity index (χ0) is 20.5. The number of rotatable bonds is 5. The van der Waals surface area contributed by atoms with Crippen LogP contribution >= 0.6 is 11.6 Å². The van der Waals surface area contributed by atoms with Crippen molar-refractivity contribution >= 4 is 34.1 Å². The number of aromatic amines is 1. The minimum absolute atomic E-state index is 0.178. The molecule has 1 N–H and O–H groups in total. The molecule has 8 heteroatoms. The van der Waals surface area contributed by atoms with Crippen molar-refractivity contribution in [3.05, 3.63) is 75.2 Å². The normalized spacial score (nSPS) is 11.3. The second-order valence-electron chi connectivity index (χ2n) is 6.92. The number of aryl methyl sites for hydroxylation is 1. The Morgan fingerprint density at radius 1 is 1.24 bits per heavy atom. The third-order valence-corrected chi connectivity index (χ3v) is 4.99. The number of pyridine rings is 1. The van der Waals surface area contributed by atoms with E-state index in [0.29, 0.717) is 34.0 Å². The molecule has 4 aromatic rings. The van der Waals surface area contributed by atoms with Crippen LogP contribution in [-0.4, -0.2) is 36.7 Å². The maximum Gasteiger partial charge on any atom is 0.274 e. The number of amides is 1. The summed E-state index contributed by atoms with van der Waals surface area (Å²) in [6, 6.07) is 10.7. The number of halogens is 1. The molecule has 0 radical (unpaired) electrons. The van der Waals surface area contributed by atoms with Gasteiger partial charge in [0, 0.05) is 23.5 Å². The summed E-state index contributed by atoms with van der Waals surface area (Å²) in [5.41, 5.74) is 2.32. The average Bonchev–Trinajstić information content (AvgIpc) is 3.12. The molecule has 0 unspecified atom stereocenters. The average molecular weight is 410 g/mol. The Kier molecular flexibility index (Phi) is 5.07. The van der Waals surface area contributed by atoms with E-state index >= 15 is 0 Å². The minimum atomic E-state index is -0.256. The van der Waals surface area contributed by atoms with Gasteiger partial charge in [0.2, 0.25) is 0 Å². The Balaban J connectivity index is 1.68. The predicted molar refractivity (Wildman–Crippen MR) is 112 cm³/mol. The summed E-state index contributed by atoms with van der Waals surface area (Å²) in [6.07, 6.45) is 2.51. The summed E-state index contributed by atoms with van der Waals surface area (Å²) in [4.78, 5) is 38.9. The number of hydrogen-bond acceptors (Lipinski definition) is 4. The lowest BCUT2D eigenvalue weighted by molar-refractivity contribution is 0.0733. The van der Waals surface area contributed by atoms with E-state index in [2.05, 4.69) is 15.0 Å². The Morgan fingerprint density at radius 3 is 2.83 bits per heavy atom. The van der Waals surface area contributed by atoms with Crippen LogP contribution in [-0.2, 0) is 6.54 Å². The predicted octanol–water partition coefficient (Wildman–Crippen LogP) is 3.59. The number of carbonyl (C=O) groups excluding carboxylic acids is 1. The van der Waals surface area contributed by atoms with Gasteiger partial charge in [0.15, 0.2) is 0 Å². The Labute approximate surface area is 172 Å². The molecule has 148 valence electrons. The summed E-state index contributed by atoms with van der Waals surface area (Å²) >= 11 is 6.03. The van der Waals surface area contributed by atoms with Gasteiger partial charge in [0.05, 0.1) is 17.4 Å². The lowest BCUT2D eigenvalue weighted by Crippen LogP contribution is -2.33. The molecule has 0 fully saturated rings. The Bertz CT molecular complexity index is 1280. The zero-order valence-corrected chi connectivity index (χ0v) is 16.9. The Hall–Kier alpha value is -3.19. The van der Waals surface area contributed by atoms with Crippen molar-refractivity contribution < 1.29 is 4.79 Å². The molecule has 7 nitrogen and oxygen atoms in total. The second kappa shape index (κ2) is 7.67. The van der Waals surface area contributed by atoms with Gasteiger partial charge >= 0.3 is 0 Å². The van der Waals surface area contributed by atoms with Gasteiger partial charge < -0.3 is 14.3 Å². The molecule has 0 saturated carbocycles. The molecule has 1 aromatic carbocycles. The first-order valence-electron chi connectivity index (χ1n) is 9.38. The number of H-pyrrole nitrogens is 1. The SMILES string of the molecule is CCCN(Cc1nc2cc(Cl)ccc2c(=O)[nH]1)C(=O)c1cn2c(C)cccc2n1. The summed E-state index contributed by atoms with van der Waals surface area (Å²) < 4.78 is 1.88. The van der Waals surface area contributed by atoms with Gasteiger partial charge in [-0.3, -0.25) is 9.59 Å². The number of carbonyl (C=O) groups is 1. The second-order valence-corrected chi connectivity index (χ2v) is 7.36. The molecule has 3 heterocycles. The quantitative estimate of drug-likeness (QED) is 0.546. The molecular weight excluding hydrogens is 390 g/mol. The smallest absolute Gasteiger partial charge is 0.274 e. The van der Waals surface area contributed by atoms with E-state index in [1.165, 1.54) is 0 Å². The van der Waals surface area contributed by atoms with Crippen LogP contribution in [0.5, 0.6) is 0 Å². The van der Waals surface area contributed by atoms with Gasteiger partial charge in [-0.1, -0.05) is 24.6 Å². The highest BCUT2D eigenvalue weighted by molar-refractivity contribution is 6.31. The van der Waals surface area contributed by atoms with Crippen molar-refractivity contribution in [1.82, 2.24) is 24.3 Å². The van der Waals surface area contributed by atoms with Gasteiger partial charge in [0.25, 0.3) is 11.5 Å². The van der Waals surface area contributed by atoms with Crippen LogP contribution in [0.3, 0.4) is 0 Å². The largest absolute Gasteiger partial charge is 0.330 e. The fourth-order valence-electron chi connectivity index (χ4n) is 3.35. The van der Waals surface area contributed by atoms with Crippen LogP contribution in [0.15, 0.2) is 47.4 Å². The lowest BCUT2D eigenvalue weighted by atomic mass is 10.2. The fraction of sp³-hybridized carbons (Fsp3) is 0.238. The van der Waals surface area contributed by atoms with Gasteiger partial charge in [-0.25, -0.2) is 9.97 Å². The highest BCUT2D eigenvalue weighted by Gasteiger charge is 2.20. The number of aromatic nitrogens is 4. The van der Waals surface area contributed by atoms with Crippen molar-refractivity contribution in [2.24, 2.45) is 0 Å². The number of nitrogens with one attached hydrogen (secondary N) is 1. The molecule has 3 aromatic heterocycles. The highest BCUT2D eigenvalue weighted by atomic mass is 35.5. The molecule has 0 spiro atoms. The van der Waals surface area contributed by atoms with Gasteiger partial charge in [0.1, 0.15) is 17.2 Å². The first-order valence-corrected chi connectivity index (χ1v) is 9.76. The molecule has 0 bridgehead atoms. The van der Waals surface area contributed by atoms with Crippen LogP contribution in [0, 0.1) is 6.92 Å². The van der Waals surface area contributed by atoms with Crippen molar-refractivity contribution in [2.45, 2.75) is 26.8 Å². The molecular formula is C21H20ClN5O2. The number of fused-ring (bicyclic) bond motifs is 2. The standard InChI is InChI=1S/C21H20ClN5O2/c1-3-9-26(21(29)17-11-27-13(2)5-4-6-19(27)24-17)12-18-23-16-10-14(22)7-8-15(16)20(28)25-18/h4-8,10-11H,3,9,12H2,1-2H3,(H,23,25,28). The monoisotopic (exact) mass is 409 g/mol. The number of benzene rings is 1. The van der Waals surface area contributed by atoms with Crippen molar-refractivity contribution in [1.29, 1.82) is 0 Å². The molecule has 0 aliphatic heterocycles. The van der Waals surface area contributed by atoms with E-state index in [4.69, 9.17) is 11.6 Å². The first kappa shape index (κ1) is 19.1. The van der Waals surface area contributed by atoms with Crippen molar-refractivity contribution in [3.8, 4) is 0 Å². The van der Waals surface area contributed by atoms with E-state index in [0.717, 1.165) is 17.8 Å². The summed E-state index contributed by atoms with van der Waals surface area (Å²) in [5, 5.41) is 0.963. The molecule has 0 aliphatic rings. The number of nitrogens with zero attached hydrogens (tertiary/aromatic N) is 4. The summed E-state index contributed by atoms with van der Waals surface area (Å²) in [6.45, 7) is 4.65. The van der Waals surface area contributed by atoms with Crippen LogP contribution in [0.1, 0.15) is 35.4 Å². The molecule has 0 saturated heterocycles. The third-order valence-electron chi connectivity index (χ3n) is 4.75. The van der Waals surface area contributed by atoms with Gasteiger partial charge in [-0.15, -0.1) is 0 Å². The van der Waals surface area contributed by atoms with Crippen LogP contribution in [0.2, 0.25) is 5.02 Å². The zero-order valence-electron chi connectivity index (χ0n) is 16.1. The summed E-state index contributed by atoms with van der Waals surface area (Å²) in [5.74, 6) is 0.204. The van der Waals surface area contributed by atoms with Crippen LogP contribution < -0.4 is 5.56 Å². The van der Waals surface area contributed by atoms with E-state index in [-0.39, 0.29) is 18.0 Å². The molecule has 29 heavy (non-hydrogen) atoms. The fourth-order valence-corrected chi connectivity index (χ4v) is 3.52. The number of hydrogen-bond donors (Lipinski definition) is 1. The van der Waals surface area contributed by atoms with E-state index < -0.39 is 0 Å². The first-order chi connectivity index (χ1) is 14.0. The van der Waals surface area contributed by atoms with Crippen molar-refractivity contribution in [3.63, 3.8) is 0 Å². The molecule has 0 aliphatic carbocycles. The van der Waals surface area contributed by atoms with Crippen LogP contribution in [0.4, 0.5) is 0 Å². The summed E-state index contributed by atoms with van der Waals surface area (Å²) in [7, 11) is 0.